The quantitative estimate of drug-likeness (QED) is 0.605. The van der Waals surface area contributed by atoms with Gasteiger partial charge in [0.05, 0.1) is 6.54 Å². The standard InChI is InChI=1S/C21H21N3.HI/c1-2-6-17(7-3-1)16-24-13-12-22-21(24)23-15-18-10-11-19-8-4-5-9-20(19)14-18;/h1-11,14H,12-13,15-16H2,(H,22,23);1H. The van der Waals surface area contributed by atoms with Crippen LogP contribution in [-0.2, 0) is 13.1 Å². The second-order valence-corrected chi connectivity index (χ2v) is 6.15. The Balaban J connectivity index is 0.00000182. The van der Waals surface area contributed by atoms with Gasteiger partial charge in [0, 0.05) is 19.6 Å². The van der Waals surface area contributed by atoms with Crippen LogP contribution in [0.5, 0.6) is 0 Å². The Kier molecular flexibility index (Phi) is 5.91. The van der Waals surface area contributed by atoms with Crippen LogP contribution < -0.4 is 5.32 Å². The predicted octanol–water partition coefficient (Wildman–Crippen LogP) is 4.42. The van der Waals surface area contributed by atoms with Crippen LogP contribution in [0.4, 0.5) is 0 Å². The summed E-state index contributed by atoms with van der Waals surface area (Å²) in [6.45, 7) is 3.56. The van der Waals surface area contributed by atoms with E-state index in [1.54, 1.807) is 0 Å². The van der Waals surface area contributed by atoms with E-state index in [0.29, 0.717) is 0 Å². The highest BCUT2D eigenvalue weighted by Crippen LogP contribution is 2.16. The lowest BCUT2D eigenvalue weighted by Crippen LogP contribution is -2.37. The van der Waals surface area contributed by atoms with E-state index < -0.39 is 0 Å². The number of halogens is 1. The second-order valence-electron chi connectivity index (χ2n) is 6.15. The minimum atomic E-state index is 0. The molecule has 3 nitrogen and oxygen atoms in total. The normalized spacial score (nSPS) is 13.4. The van der Waals surface area contributed by atoms with Crippen LogP contribution in [0.25, 0.3) is 10.8 Å². The van der Waals surface area contributed by atoms with Crippen molar-refractivity contribution in [1.82, 2.24) is 10.2 Å². The zero-order valence-electron chi connectivity index (χ0n) is 14.1. The van der Waals surface area contributed by atoms with Crippen molar-refractivity contribution in [2.75, 3.05) is 13.1 Å². The summed E-state index contributed by atoms with van der Waals surface area (Å²) in [5.74, 6) is 1.01. The molecular weight excluding hydrogens is 421 g/mol. The smallest absolute Gasteiger partial charge is 0.194 e. The molecule has 0 amide bonds. The summed E-state index contributed by atoms with van der Waals surface area (Å²) in [5, 5.41) is 6.08. The van der Waals surface area contributed by atoms with Crippen molar-refractivity contribution in [3.05, 3.63) is 83.9 Å². The van der Waals surface area contributed by atoms with Crippen LogP contribution in [0.2, 0.25) is 0 Å². The number of aliphatic imine (C=N–C) groups is 1. The van der Waals surface area contributed by atoms with Gasteiger partial charge in [0.15, 0.2) is 5.96 Å². The lowest BCUT2D eigenvalue weighted by molar-refractivity contribution is 0.436. The second kappa shape index (κ2) is 8.34. The Morgan fingerprint density at radius 2 is 1.60 bits per heavy atom. The van der Waals surface area contributed by atoms with Crippen LogP contribution in [0.15, 0.2) is 77.8 Å². The molecule has 25 heavy (non-hydrogen) atoms. The van der Waals surface area contributed by atoms with E-state index in [9.17, 15) is 0 Å². The third-order valence-electron chi connectivity index (χ3n) is 4.41. The molecule has 3 aromatic carbocycles. The molecule has 0 aliphatic carbocycles. The number of hydrogen-bond donors (Lipinski definition) is 1. The first-order valence-corrected chi connectivity index (χ1v) is 8.43. The lowest BCUT2D eigenvalue weighted by Gasteiger charge is -2.21. The van der Waals surface area contributed by atoms with E-state index in [1.807, 2.05) is 0 Å². The molecule has 0 radical (unpaired) electrons. The summed E-state index contributed by atoms with van der Waals surface area (Å²) in [6.07, 6.45) is 0. The van der Waals surface area contributed by atoms with Crippen LogP contribution in [0.1, 0.15) is 11.1 Å². The van der Waals surface area contributed by atoms with E-state index in [1.165, 1.54) is 21.9 Å². The molecule has 1 aliphatic rings. The van der Waals surface area contributed by atoms with Gasteiger partial charge in [-0.25, -0.2) is 0 Å². The van der Waals surface area contributed by atoms with E-state index in [-0.39, 0.29) is 24.0 Å². The number of rotatable bonds is 4. The van der Waals surface area contributed by atoms with Crippen molar-refractivity contribution in [3.63, 3.8) is 0 Å². The van der Waals surface area contributed by atoms with Gasteiger partial charge in [0.25, 0.3) is 0 Å². The summed E-state index contributed by atoms with van der Waals surface area (Å²) < 4.78 is 0. The van der Waals surface area contributed by atoms with E-state index >= 15 is 0 Å². The fourth-order valence-corrected chi connectivity index (χ4v) is 3.14. The van der Waals surface area contributed by atoms with Crippen molar-refractivity contribution in [2.24, 2.45) is 4.99 Å². The molecule has 4 heteroatoms. The topological polar surface area (TPSA) is 27.6 Å². The molecule has 1 heterocycles. The highest BCUT2D eigenvalue weighted by molar-refractivity contribution is 14.0. The molecule has 0 saturated carbocycles. The maximum absolute atomic E-state index is 4.62. The number of fused-ring (bicyclic) bond motifs is 1. The summed E-state index contributed by atoms with van der Waals surface area (Å²) in [6, 6.07) is 25.7. The SMILES string of the molecule is I.c1ccc(CN2CCN=C2NCc2ccc3ccccc3c2)cc1. The van der Waals surface area contributed by atoms with E-state index in [2.05, 4.69) is 88.0 Å². The molecule has 0 unspecified atom stereocenters. The van der Waals surface area contributed by atoms with Crippen LogP contribution in [0, 0.1) is 0 Å². The fourth-order valence-electron chi connectivity index (χ4n) is 3.14. The Bertz CT molecular complexity index is 861. The molecule has 1 N–H and O–H groups in total. The average Bonchev–Trinajstić information content (AvgIpc) is 3.08. The van der Waals surface area contributed by atoms with E-state index in [0.717, 1.165) is 32.1 Å². The van der Waals surface area contributed by atoms with Crippen LogP contribution >= 0.6 is 24.0 Å². The van der Waals surface area contributed by atoms with Gasteiger partial charge in [-0.3, -0.25) is 4.99 Å². The average molecular weight is 443 g/mol. The minimum absolute atomic E-state index is 0. The molecule has 0 fully saturated rings. The van der Waals surface area contributed by atoms with E-state index in [4.69, 9.17) is 0 Å². The number of guanidine groups is 1. The van der Waals surface area contributed by atoms with Crippen molar-refractivity contribution in [1.29, 1.82) is 0 Å². The van der Waals surface area contributed by atoms with Gasteiger partial charge in [0.1, 0.15) is 0 Å². The third kappa shape index (κ3) is 4.31. The molecule has 128 valence electrons. The summed E-state index contributed by atoms with van der Waals surface area (Å²) in [4.78, 5) is 6.94. The van der Waals surface area contributed by atoms with Gasteiger partial charge in [-0.2, -0.15) is 0 Å². The maximum atomic E-state index is 4.62. The first-order valence-electron chi connectivity index (χ1n) is 8.43. The zero-order chi connectivity index (χ0) is 16.2. The first-order chi connectivity index (χ1) is 11.9. The van der Waals surface area contributed by atoms with Gasteiger partial charge in [-0.05, 0) is 28.0 Å². The molecule has 4 rings (SSSR count). The molecule has 0 bridgehead atoms. The number of hydrogen-bond acceptors (Lipinski definition) is 3. The Morgan fingerprint density at radius 3 is 2.44 bits per heavy atom. The van der Waals surface area contributed by atoms with Crippen molar-refractivity contribution in [3.8, 4) is 0 Å². The predicted molar refractivity (Wildman–Crippen MR) is 115 cm³/mol. The van der Waals surface area contributed by atoms with Crippen molar-refractivity contribution >= 4 is 40.7 Å². The Morgan fingerprint density at radius 1 is 0.840 bits per heavy atom. The number of nitrogens with zero attached hydrogens (tertiary/aromatic N) is 2. The summed E-state index contributed by atoms with van der Waals surface area (Å²) >= 11 is 0. The third-order valence-corrected chi connectivity index (χ3v) is 4.41. The largest absolute Gasteiger partial charge is 0.352 e. The van der Waals surface area contributed by atoms with Gasteiger partial charge < -0.3 is 10.2 Å². The summed E-state index contributed by atoms with van der Waals surface area (Å²) in [5.41, 5.74) is 2.60. The molecule has 1 aliphatic heterocycles. The van der Waals surface area contributed by atoms with Crippen LogP contribution in [0.3, 0.4) is 0 Å². The van der Waals surface area contributed by atoms with Gasteiger partial charge in [0.2, 0.25) is 0 Å². The fraction of sp³-hybridized carbons (Fsp3) is 0.190. The minimum Gasteiger partial charge on any atom is -0.352 e. The number of benzene rings is 3. The molecular formula is C21H22IN3. The Hall–Kier alpha value is -2.08. The van der Waals surface area contributed by atoms with Gasteiger partial charge in [-0.1, -0.05) is 66.7 Å². The molecule has 0 aromatic heterocycles. The van der Waals surface area contributed by atoms with Crippen molar-refractivity contribution < 1.29 is 0 Å². The molecule has 0 atom stereocenters. The monoisotopic (exact) mass is 443 g/mol. The molecule has 0 spiro atoms. The number of nitrogens with one attached hydrogen (secondary N) is 1. The maximum Gasteiger partial charge on any atom is 0.194 e. The summed E-state index contributed by atoms with van der Waals surface area (Å²) in [7, 11) is 0. The van der Waals surface area contributed by atoms with Gasteiger partial charge in [-0.15, -0.1) is 24.0 Å². The Labute approximate surface area is 165 Å². The van der Waals surface area contributed by atoms with Gasteiger partial charge >= 0.3 is 0 Å². The highest BCUT2D eigenvalue weighted by atomic mass is 127. The van der Waals surface area contributed by atoms with Crippen LogP contribution in [-0.4, -0.2) is 23.9 Å². The lowest BCUT2D eigenvalue weighted by atomic mass is 10.1. The zero-order valence-corrected chi connectivity index (χ0v) is 16.4. The molecule has 0 saturated heterocycles. The molecule has 3 aromatic rings. The first kappa shape index (κ1) is 17.7. The van der Waals surface area contributed by atoms with Crippen molar-refractivity contribution in [2.45, 2.75) is 13.1 Å². The highest BCUT2D eigenvalue weighted by Gasteiger charge is 2.16.